The summed E-state index contributed by atoms with van der Waals surface area (Å²) in [5, 5.41) is 13.4. The average molecular weight is 463 g/mol. The number of benzene rings is 1. The van der Waals surface area contributed by atoms with Crippen LogP contribution in [-0.4, -0.2) is 39.7 Å². The molecule has 0 bridgehead atoms. The van der Waals surface area contributed by atoms with E-state index in [4.69, 9.17) is 4.74 Å². The van der Waals surface area contributed by atoms with Crippen molar-refractivity contribution in [2.75, 3.05) is 13.2 Å². The quantitative estimate of drug-likeness (QED) is 0.578. The summed E-state index contributed by atoms with van der Waals surface area (Å²) in [4.78, 5) is 17.7. The molecule has 2 N–H and O–H groups in total. The summed E-state index contributed by atoms with van der Waals surface area (Å²) in [6.45, 7) is -0.127. The molecule has 6 nitrogen and oxygen atoms in total. The zero-order valence-electron chi connectivity index (χ0n) is 17.4. The van der Waals surface area contributed by atoms with E-state index < -0.39 is 35.1 Å². The summed E-state index contributed by atoms with van der Waals surface area (Å²) < 4.78 is 61.0. The van der Waals surface area contributed by atoms with Gasteiger partial charge in [0.05, 0.1) is 23.3 Å². The van der Waals surface area contributed by atoms with Crippen molar-refractivity contribution in [1.82, 2.24) is 14.7 Å². The molecule has 1 aliphatic heterocycles. The number of alkyl halides is 3. The van der Waals surface area contributed by atoms with Gasteiger partial charge in [-0.1, -0.05) is 6.07 Å². The Bertz CT molecular complexity index is 1220. The molecule has 3 aromatic rings. The number of amides is 1. The number of hydrogen-bond acceptors (Lipinski definition) is 4. The van der Waals surface area contributed by atoms with E-state index in [1.165, 1.54) is 0 Å². The number of rotatable bonds is 4. The molecule has 1 amide bonds. The Kier molecular flexibility index (Phi) is 5.17. The summed E-state index contributed by atoms with van der Waals surface area (Å²) in [5.74, 6) is -1.31. The van der Waals surface area contributed by atoms with Crippen LogP contribution in [0.3, 0.4) is 0 Å². The summed E-state index contributed by atoms with van der Waals surface area (Å²) >= 11 is 0. The largest absolute Gasteiger partial charge is 0.416 e. The number of aliphatic hydroxyl groups excluding tert-OH is 1. The van der Waals surface area contributed by atoms with Gasteiger partial charge in [0, 0.05) is 37.2 Å². The maximum atomic E-state index is 14.9. The summed E-state index contributed by atoms with van der Waals surface area (Å²) in [7, 11) is 0. The third kappa shape index (κ3) is 3.87. The lowest BCUT2D eigenvalue weighted by molar-refractivity contribution is -0.137. The van der Waals surface area contributed by atoms with Gasteiger partial charge in [-0.2, -0.15) is 13.2 Å². The fourth-order valence-electron chi connectivity index (χ4n) is 4.40. The lowest BCUT2D eigenvalue weighted by Gasteiger charge is -2.42. The number of hydrogen-bond donors (Lipinski definition) is 2. The minimum atomic E-state index is -4.72. The number of fused-ring (bicyclic) bond motifs is 1. The molecule has 33 heavy (non-hydrogen) atoms. The molecule has 0 radical (unpaired) electrons. The van der Waals surface area contributed by atoms with Gasteiger partial charge >= 0.3 is 6.18 Å². The minimum Gasteiger partial charge on any atom is -0.388 e. The number of nitrogens with zero attached hydrogens (tertiary/aromatic N) is 2. The molecule has 2 aliphatic rings. The van der Waals surface area contributed by atoms with Crippen LogP contribution < -0.4 is 5.32 Å². The molecule has 2 aromatic heterocycles. The third-order valence-corrected chi connectivity index (χ3v) is 6.40. The number of carbonyl (C=O) groups excluding carboxylic acids is 1. The highest BCUT2D eigenvalue weighted by Crippen LogP contribution is 2.40. The van der Waals surface area contributed by atoms with Crippen LogP contribution in [-0.2, 0) is 16.5 Å². The number of carbonyl (C=O) groups is 1. The smallest absolute Gasteiger partial charge is 0.388 e. The molecule has 1 saturated carbocycles. The van der Waals surface area contributed by atoms with Crippen molar-refractivity contribution in [1.29, 1.82) is 0 Å². The van der Waals surface area contributed by atoms with Crippen LogP contribution in [0.15, 0.2) is 42.9 Å². The second kappa shape index (κ2) is 7.81. The van der Waals surface area contributed by atoms with Gasteiger partial charge in [-0.05, 0) is 42.5 Å². The molecule has 1 saturated heterocycles. The highest BCUT2D eigenvalue weighted by Gasteiger charge is 2.46. The van der Waals surface area contributed by atoms with E-state index in [1.807, 2.05) is 6.20 Å². The van der Waals surface area contributed by atoms with Gasteiger partial charge in [-0.3, -0.25) is 4.79 Å². The van der Waals surface area contributed by atoms with E-state index >= 15 is 0 Å². The highest BCUT2D eigenvalue weighted by atomic mass is 19.4. The number of halogens is 4. The van der Waals surface area contributed by atoms with Gasteiger partial charge in [0.15, 0.2) is 0 Å². The fourth-order valence-corrected chi connectivity index (χ4v) is 4.40. The van der Waals surface area contributed by atoms with Crippen LogP contribution in [0.5, 0.6) is 0 Å². The second-order valence-electron chi connectivity index (χ2n) is 8.58. The summed E-state index contributed by atoms with van der Waals surface area (Å²) in [5.41, 5.74) is -1.36. The van der Waals surface area contributed by atoms with Crippen LogP contribution in [0.2, 0.25) is 0 Å². The third-order valence-electron chi connectivity index (χ3n) is 6.40. The molecule has 2 atom stereocenters. The Morgan fingerprint density at radius 2 is 2.06 bits per heavy atom. The SMILES string of the molecule is O=C(N[C@]1(c2ccc(C(F)(F)F)cc2F)CCOC[C@H]1O)c1ccn2cc(C3CC3)cnc12. The molecule has 3 heterocycles. The monoisotopic (exact) mass is 463 g/mol. The Hall–Kier alpha value is -2.98. The van der Waals surface area contributed by atoms with Crippen LogP contribution in [0, 0.1) is 5.82 Å². The Morgan fingerprint density at radius 1 is 1.27 bits per heavy atom. The molecule has 1 aromatic carbocycles. The van der Waals surface area contributed by atoms with Crippen molar-refractivity contribution in [2.45, 2.75) is 43.0 Å². The standard InChI is InChI=1S/C23H21F4N3O3/c24-18-9-15(23(25,26)27)3-4-17(18)22(6-8-33-12-19(22)31)29-21(32)16-5-7-30-11-14(13-1-2-13)10-28-20(16)30/h3-5,7,9-11,13,19,31H,1-2,6,8,12H2,(H,29,32)/t19-,22+/m1/s1. The van der Waals surface area contributed by atoms with Gasteiger partial charge in [-0.25, -0.2) is 9.37 Å². The van der Waals surface area contributed by atoms with Crippen molar-refractivity contribution in [2.24, 2.45) is 0 Å². The Morgan fingerprint density at radius 3 is 2.73 bits per heavy atom. The second-order valence-corrected chi connectivity index (χ2v) is 8.58. The van der Waals surface area contributed by atoms with Crippen molar-refractivity contribution in [3.63, 3.8) is 0 Å². The Labute approximate surface area is 186 Å². The summed E-state index contributed by atoms with van der Waals surface area (Å²) in [6, 6.07) is 3.64. The van der Waals surface area contributed by atoms with Gasteiger partial charge in [0.25, 0.3) is 5.91 Å². The molecular weight excluding hydrogens is 442 g/mol. The molecular formula is C23H21F4N3O3. The molecule has 2 fully saturated rings. The first-order valence-corrected chi connectivity index (χ1v) is 10.6. The lowest BCUT2D eigenvalue weighted by Crippen LogP contribution is -2.58. The first-order valence-electron chi connectivity index (χ1n) is 10.6. The van der Waals surface area contributed by atoms with Crippen molar-refractivity contribution in [3.8, 4) is 0 Å². The van der Waals surface area contributed by atoms with Gasteiger partial charge in [0.1, 0.15) is 17.6 Å². The predicted molar refractivity (Wildman–Crippen MR) is 109 cm³/mol. The van der Waals surface area contributed by atoms with Gasteiger partial charge in [-0.15, -0.1) is 0 Å². The minimum absolute atomic E-state index is 0.0206. The molecule has 10 heteroatoms. The van der Waals surface area contributed by atoms with E-state index in [1.54, 1.807) is 22.9 Å². The maximum absolute atomic E-state index is 14.9. The Balaban J connectivity index is 1.51. The predicted octanol–water partition coefficient (Wildman–Crippen LogP) is 3.78. The van der Waals surface area contributed by atoms with Crippen molar-refractivity contribution in [3.05, 3.63) is 70.9 Å². The van der Waals surface area contributed by atoms with Crippen molar-refractivity contribution < 1.29 is 32.2 Å². The number of nitrogens with one attached hydrogen (secondary N) is 1. The lowest BCUT2D eigenvalue weighted by atomic mass is 9.79. The van der Waals surface area contributed by atoms with Crippen LogP contribution in [0.4, 0.5) is 17.6 Å². The topological polar surface area (TPSA) is 75.9 Å². The number of aliphatic hydroxyl groups is 1. The number of ether oxygens (including phenoxy) is 1. The summed E-state index contributed by atoms with van der Waals surface area (Å²) in [6.07, 6.45) is 1.41. The molecule has 0 unspecified atom stereocenters. The highest BCUT2D eigenvalue weighted by molar-refractivity contribution is 6.00. The average Bonchev–Trinajstić information content (AvgIpc) is 3.53. The normalized spacial score (nSPS) is 23.6. The van der Waals surface area contributed by atoms with Crippen LogP contribution in [0.1, 0.15) is 52.2 Å². The van der Waals surface area contributed by atoms with E-state index in [9.17, 15) is 27.5 Å². The zero-order chi connectivity index (χ0) is 23.4. The van der Waals surface area contributed by atoms with Gasteiger partial charge in [0.2, 0.25) is 0 Å². The molecule has 174 valence electrons. The van der Waals surface area contributed by atoms with Crippen molar-refractivity contribution >= 4 is 11.6 Å². The van der Waals surface area contributed by atoms with E-state index in [2.05, 4.69) is 10.3 Å². The number of aromatic nitrogens is 2. The molecule has 5 rings (SSSR count). The fraction of sp³-hybridized carbons (Fsp3) is 0.391. The maximum Gasteiger partial charge on any atom is 0.416 e. The van der Waals surface area contributed by atoms with Crippen LogP contribution >= 0.6 is 0 Å². The first-order chi connectivity index (χ1) is 15.7. The zero-order valence-corrected chi connectivity index (χ0v) is 17.4. The van der Waals surface area contributed by atoms with Crippen LogP contribution in [0.25, 0.3) is 5.65 Å². The van der Waals surface area contributed by atoms with Gasteiger partial charge < -0.3 is 19.6 Å². The van der Waals surface area contributed by atoms with E-state index in [0.29, 0.717) is 17.6 Å². The molecule has 0 spiro atoms. The van der Waals surface area contributed by atoms with E-state index in [-0.39, 0.29) is 30.8 Å². The molecule has 1 aliphatic carbocycles. The van der Waals surface area contributed by atoms with E-state index in [0.717, 1.165) is 30.5 Å². The first kappa shape index (κ1) is 21.8.